The number of allylic oxidation sites excluding steroid dienone is 3. The molecule has 6 aromatic carbocycles. The molecule has 0 aliphatic carbocycles. The van der Waals surface area contributed by atoms with Gasteiger partial charge in [-0.05, 0) is 115 Å². The third-order valence-electron chi connectivity index (χ3n) is 8.96. The van der Waals surface area contributed by atoms with Crippen LogP contribution in [0, 0.1) is 5.41 Å². The number of hydrogen-bond donors (Lipinski definition) is 4. The first-order valence-corrected chi connectivity index (χ1v) is 16.5. The van der Waals surface area contributed by atoms with E-state index in [0.29, 0.717) is 5.56 Å². The van der Waals surface area contributed by atoms with Gasteiger partial charge in [-0.1, -0.05) is 73.3 Å². The van der Waals surface area contributed by atoms with Crippen molar-refractivity contribution in [3.8, 4) is 5.69 Å². The molecule has 0 unspecified atom stereocenters. The van der Waals surface area contributed by atoms with E-state index in [-0.39, 0.29) is 5.84 Å². The maximum atomic E-state index is 7.94. The van der Waals surface area contributed by atoms with Gasteiger partial charge in [-0.15, -0.1) is 0 Å². The van der Waals surface area contributed by atoms with Gasteiger partial charge in [0.25, 0.3) is 0 Å². The minimum absolute atomic E-state index is 0.0357. The molecule has 6 nitrogen and oxygen atoms in total. The van der Waals surface area contributed by atoms with Gasteiger partial charge >= 0.3 is 0 Å². The van der Waals surface area contributed by atoms with Crippen LogP contribution < -0.4 is 21.7 Å². The molecule has 50 heavy (non-hydrogen) atoms. The van der Waals surface area contributed by atoms with Crippen LogP contribution in [0.15, 0.2) is 164 Å². The smallest absolute Gasteiger partial charge is 0.122 e. The first-order valence-electron chi connectivity index (χ1n) is 16.5. The summed E-state index contributed by atoms with van der Waals surface area (Å²) in [5.41, 5.74) is 23.5. The number of nitrogens with zero attached hydrogens (tertiary/aromatic N) is 2. The summed E-state index contributed by atoms with van der Waals surface area (Å²) in [6, 6.07) is 47.9. The van der Waals surface area contributed by atoms with E-state index in [0.717, 1.165) is 72.6 Å². The number of anilines is 5. The molecule has 7 rings (SSSR count). The molecule has 0 saturated heterocycles. The second kappa shape index (κ2) is 13.7. The van der Waals surface area contributed by atoms with Crippen LogP contribution in [-0.2, 0) is 0 Å². The van der Waals surface area contributed by atoms with Crippen molar-refractivity contribution in [2.75, 3.05) is 10.2 Å². The summed E-state index contributed by atoms with van der Waals surface area (Å²) >= 11 is 0. The molecule has 6 heteroatoms. The molecule has 0 spiro atoms. The molecule has 1 heterocycles. The van der Waals surface area contributed by atoms with Crippen molar-refractivity contribution in [3.63, 3.8) is 0 Å². The number of amidine groups is 1. The first-order chi connectivity index (χ1) is 24.5. The Balaban J connectivity index is 1.45. The topological polar surface area (TPSA) is 96.1 Å². The molecule has 0 radical (unpaired) electrons. The fraction of sp³-hybridized carbons (Fsp3) is 0.0227. The summed E-state index contributed by atoms with van der Waals surface area (Å²) < 4.78 is 2.33. The van der Waals surface area contributed by atoms with Gasteiger partial charge in [0.05, 0.1) is 11.0 Å². The third kappa shape index (κ3) is 5.91. The Hall–Kier alpha value is -6.79. The highest BCUT2D eigenvalue weighted by Gasteiger charge is 2.20. The summed E-state index contributed by atoms with van der Waals surface area (Å²) in [5, 5.41) is 13.8. The van der Waals surface area contributed by atoms with Crippen molar-refractivity contribution in [1.29, 1.82) is 5.41 Å². The minimum Gasteiger partial charge on any atom is -0.405 e. The molecule has 0 bridgehead atoms. The predicted octanol–water partition coefficient (Wildman–Crippen LogP) is 10.8. The van der Waals surface area contributed by atoms with Gasteiger partial charge in [0.15, 0.2) is 0 Å². The van der Waals surface area contributed by atoms with Crippen molar-refractivity contribution in [2.24, 2.45) is 11.5 Å². The van der Waals surface area contributed by atoms with Crippen molar-refractivity contribution in [1.82, 2.24) is 4.57 Å². The van der Waals surface area contributed by atoms with Crippen molar-refractivity contribution < 1.29 is 0 Å². The van der Waals surface area contributed by atoms with E-state index in [4.69, 9.17) is 16.9 Å². The maximum Gasteiger partial charge on any atom is 0.122 e. The van der Waals surface area contributed by atoms with Crippen LogP contribution in [0.3, 0.4) is 0 Å². The maximum absolute atomic E-state index is 7.94. The van der Waals surface area contributed by atoms with E-state index in [9.17, 15) is 0 Å². The average Bonchev–Trinajstić information content (AvgIpc) is 3.49. The lowest BCUT2D eigenvalue weighted by Gasteiger charge is -2.26. The number of aromatic nitrogens is 1. The number of nitrogens with one attached hydrogen (secondary N) is 2. The Morgan fingerprint density at radius 1 is 0.740 bits per heavy atom. The molecule has 0 aliphatic rings. The Kier molecular flexibility index (Phi) is 8.74. The monoisotopic (exact) mass is 650 g/mol. The van der Waals surface area contributed by atoms with E-state index < -0.39 is 0 Å². The van der Waals surface area contributed by atoms with Crippen LogP contribution in [0.1, 0.15) is 23.6 Å². The molecule has 0 amide bonds. The molecular weight excluding hydrogens is 613 g/mol. The third-order valence-corrected chi connectivity index (χ3v) is 8.96. The summed E-state index contributed by atoms with van der Waals surface area (Å²) in [6.45, 7) is 6.27. The number of nitrogens with two attached hydrogens (primary N) is 2. The number of rotatable bonds is 10. The van der Waals surface area contributed by atoms with Crippen LogP contribution in [0.5, 0.6) is 0 Å². The molecule has 6 N–H and O–H groups in total. The number of benzene rings is 6. The van der Waals surface area contributed by atoms with Crippen LogP contribution in [-0.4, -0.2) is 10.4 Å². The lowest BCUT2D eigenvalue weighted by atomic mass is 10.0. The lowest BCUT2D eigenvalue weighted by molar-refractivity contribution is 1.18. The standard InChI is InChI=1S/C44H38N6/c1-3-30(27-28-45)31-15-19-35(20-16-31)49(36-21-17-32(18-22-36)44(46)47)37-23-26-42-40(29-37)39-24-25-41(48-33-11-7-5-8-12-33)38(4-2)43(39)50(42)34-13-9-6-10-14-34/h3-29,48H,2,45H2,1H3,(H3,46,47)/b28-27-,30-3+. The average molecular weight is 651 g/mol. The minimum atomic E-state index is 0.0357. The van der Waals surface area contributed by atoms with Gasteiger partial charge in [-0.2, -0.15) is 0 Å². The Bertz CT molecular complexity index is 2380. The predicted molar refractivity (Wildman–Crippen MR) is 213 cm³/mol. The van der Waals surface area contributed by atoms with Crippen molar-refractivity contribution in [3.05, 3.63) is 181 Å². The van der Waals surface area contributed by atoms with E-state index in [2.05, 4.69) is 112 Å². The second-order valence-electron chi connectivity index (χ2n) is 11.9. The molecular formula is C44H38N6. The molecule has 0 aliphatic heterocycles. The summed E-state index contributed by atoms with van der Waals surface area (Å²) in [6.07, 6.45) is 7.45. The Labute approximate surface area is 292 Å². The van der Waals surface area contributed by atoms with Gasteiger partial charge in [0.2, 0.25) is 0 Å². The van der Waals surface area contributed by atoms with Crippen LogP contribution in [0.2, 0.25) is 0 Å². The Morgan fingerprint density at radius 2 is 1.36 bits per heavy atom. The normalized spacial score (nSPS) is 11.7. The molecule has 7 aromatic rings. The van der Waals surface area contributed by atoms with Crippen LogP contribution in [0.4, 0.5) is 28.4 Å². The van der Waals surface area contributed by atoms with Gasteiger partial charge in [-0.25, -0.2) is 0 Å². The van der Waals surface area contributed by atoms with Crippen LogP contribution in [0.25, 0.3) is 39.1 Å². The van der Waals surface area contributed by atoms with Gasteiger partial charge < -0.3 is 26.3 Å². The fourth-order valence-electron chi connectivity index (χ4n) is 6.60. The largest absolute Gasteiger partial charge is 0.405 e. The van der Waals surface area contributed by atoms with E-state index in [1.165, 1.54) is 0 Å². The molecule has 1 aromatic heterocycles. The molecule has 0 atom stereocenters. The highest BCUT2D eigenvalue weighted by atomic mass is 15.1. The van der Waals surface area contributed by atoms with E-state index in [1.54, 1.807) is 6.20 Å². The van der Waals surface area contributed by atoms with Gasteiger partial charge in [0.1, 0.15) is 5.84 Å². The zero-order valence-electron chi connectivity index (χ0n) is 27.8. The molecule has 0 saturated carbocycles. The van der Waals surface area contributed by atoms with Gasteiger partial charge in [0, 0.05) is 56.0 Å². The molecule has 0 fully saturated rings. The van der Waals surface area contributed by atoms with E-state index in [1.807, 2.05) is 73.7 Å². The summed E-state index contributed by atoms with van der Waals surface area (Å²) in [5.74, 6) is 0.0357. The van der Waals surface area contributed by atoms with Crippen LogP contribution >= 0.6 is 0 Å². The number of fused-ring (bicyclic) bond motifs is 3. The van der Waals surface area contributed by atoms with Crippen molar-refractivity contribution in [2.45, 2.75) is 6.92 Å². The van der Waals surface area contributed by atoms with Gasteiger partial charge in [-0.3, -0.25) is 5.41 Å². The summed E-state index contributed by atoms with van der Waals surface area (Å²) in [7, 11) is 0. The highest BCUT2D eigenvalue weighted by molar-refractivity contribution is 6.14. The number of hydrogen-bond acceptors (Lipinski definition) is 4. The zero-order chi connectivity index (χ0) is 34.6. The SMILES string of the molecule is C=Cc1c(Nc2ccccc2)ccc2c3cc(N(c4ccc(C(=N)N)cc4)c4ccc(C(/C=C\N)=C/C)cc4)ccc3n(-c3ccccc3)c12. The highest BCUT2D eigenvalue weighted by Crippen LogP contribution is 2.42. The second-order valence-corrected chi connectivity index (χ2v) is 11.9. The van der Waals surface area contributed by atoms with Crippen molar-refractivity contribution >= 4 is 67.7 Å². The first kappa shape index (κ1) is 31.8. The number of para-hydroxylation sites is 2. The van der Waals surface area contributed by atoms with E-state index >= 15 is 0 Å². The lowest BCUT2D eigenvalue weighted by Crippen LogP contribution is -2.13. The summed E-state index contributed by atoms with van der Waals surface area (Å²) in [4.78, 5) is 2.23. The fourth-order valence-corrected chi connectivity index (χ4v) is 6.60. The quantitative estimate of drug-likeness (QED) is 0.0673. The Morgan fingerprint density at radius 3 is 1.96 bits per heavy atom. The molecule has 244 valence electrons. The number of nitrogen functional groups attached to an aromatic ring is 1. The zero-order valence-corrected chi connectivity index (χ0v) is 27.8.